The van der Waals surface area contributed by atoms with Gasteiger partial charge in [0.1, 0.15) is 11.4 Å². The van der Waals surface area contributed by atoms with Crippen LogP contribution < -0.4 is 5.73 Å². The SMILES string of the molecule is CC.NC1=NC(=Nc2nc3ccccc3o2)c2ccccc21. The maximum Gasteiger partial charge on any atom is 0.324 e. The Balaban J connectivity index is 0.000000693. The molecule has 0 amide bonds. The fourth-order valence-corrected chi connectivity index (χ4v) is 2.22. The molecule has 1 aliphatic rings. The standard InChI is InChI=1S/C15H10N4O.C2H6/c16-13-9-5-1-2-6-10(9)14(18-13)19-15-17-11-7-3-4-8-12(11)20-15;1-2/h1-8H,(H2,16,17,18,19);1-2H3. The molecule has 5 heteroatoms. The van der Waals surface area contributed by atoms with Crippen LogP contribution in [0.5, 0.6) is 0 Å². The van der Waals surface area contributed by atoms with Crippen molar-refractivity contribution < 1.29 is 4.42 Å². The first kappa shape index (κ1) is 14.0. The third kappa shape index (κ3) is 2.37. The molecular formula is C17H16N4O. The molecule has 22 heavy (non-hydrogen) atoms. The Morgan fingerprint density at radius 3 is 2.41 bits per heavy atom. The maximum atomic E-state index is 5.88. The molecule has 3 aromatic rings. The highest BCUT2D eigenvalue weighted by Crippen LogP contribution is 2.24. The van der Waals surface area contributed by atoms with Crippen molar-refractivity contribution in [2.24, 2.45) is 15.7 Å². The van der Waals surface area contributed by atoms with Gasteiger partial charge in [-0.2, -0.15) is 9.98 Å². The van der Waals surface area contributed by atoms with Crippen molar-refractivity contribution in [2.75, 3.05) is 0 Å². The van der Waals surface area contributed by atoms with Crippen molar-refractivity contribution in [2.45, 2.75) is 13.8 Å². The van der Waals surface area contributed by atoms with E-state index in [4.69, 9.17) is 10.2 Å². The number of oxazole rings is 1. The summed E-state index contributed by atoms with van der Waals surface area (Å²) in [7, 11) is 0. The van der Waals surface area contributed by atoms with Crippen molar-refractivity contribution in [3.8, 4) is 0 Å². The minimum absolute atomic E-state index is 0.287. The van der Waals surface area contributed by atoms with Gasteiger partial charge in [0.2, 0.25) is 0 Å². The molecular weight excluding hydrogens is 276 g/mol. The van der Waals surface area contributed by atoms with E-state index >= 15 is 0 Å². The Bertz CT molecular complexity index is 844. The molecule has 0 aliphatic carbocycles. The van der Waals surface area contributed by atoms with Crippen molar-refractivity contribution in [3.63, 3.8) is 0 Å². The third-order valence-electron chi connectivity index (χ3n) is 3.15. The lowest BCUT2D eigenvalue weighted by Crippen LogP contribution is -2.09. The van der Waals surface area contributed by atoms with Crippen LogP contribution in [0.3, 0.4) is 0 Å². The molecule has 4 rings (SSSR count). The fraction of sp³-hybridized carbons (Fsp3) is 0.118. The van der Waals surface area contributed by atoms with Gasteiger partial charge in [-0.1, -0.05) is 50.2 Å². The molecule has 0 spiro atoms. The second kappa shape index (κ2) is 5.81. The van der Waals surface area contributed by atoms with E-state index < -0.39 is 0 Å². The second-order valence-electron chi connectivity index (χ2n) is 4.44. The lowest BCUT2D eigenvalue weighted by Gasteiger charge is -1.96. The van der Waals surface area contributed by atoms with Crippen LogP contribution in [0.1, 0.15) is 25.0 Å². The molecule has 0 fully saturated rings. The van der Waals surface area contributed by atoms with E-state index in [0.717, 1.165) is 16.6 Å². The van der Waals surface area contributed by atoms with Crippen LogP contribution in [-0.2, 0) is 0 Å². The highest BCUT2D eigenvalue weighted by molar-refractivity contribution is 6.22. The van der Waals surface area contributed by atoms with E-state index in [1.807, 2.05) is 62.4 Å². The van der Waals surface area contributed by atoms with E-state index in [9.17, 15) is 0 Å². The summed E-state index contributed by atoms with van der Waals surface area (Å²) in [5.74, 6) is 1.00. The molecule has 2 N–H and O–H groups in total. The zero-order valence-corrected chi connectivity index (χ0v) is 12.4. The molecule has 2 heterocycles. The summed E-state index contributed by atoms with van der Waals surface area (Å²) in [5.41, 5.74) is 9.15. The maximum absolute atomic E-state index is 5.88. The number of rotatable bonds is 1. The van der Waals surface area contributed by atoms with Crippen molar-refractivity contribution in [3.05, 3.63) is 59.7 Å². The molecule has 0 saturated heterocycles. The summed E-state index contributed by atoms with van der Waals surface area (Å²) in [5, 5.41) is 0. The molecule has 0 atom stereocenters. The molecule has 0 unspecified atom stereocenters. The van der Waals surface area contributed by atoms with Gasteiger partial charge in [-0.25, -0.2) is 4.99 Å². The van der Waals surface area contributed by atoms with E-state index in [0.29, 0.717) is 17.3 Å². The van der Waals surface area contributed by atoms with E-state index in [2.05, 4.69) is 15.0 Å². The van der Waals surface area contributed by atoms with Gasteiger partial charge in [0.25, 0.3) is 0 Å². The minimum Gasteiger partial charge on any atom is -0.422 e. The van der Waals surface area contributed by atoms with Crippen LogP contribution in [0.25, 0.3) is 11.1 Å². The van der Waals surface area contributed by atoms with Crippen molar-refractivity contribution in [1.29, 1.82) is 0 Å². The smallest absolute Gasteiger partial charge is 0.324 e. The zero-order valence-electron chi connectivity index (χ0n) is 12.4. The van der Waals surface area contributed by atoms with Gasteiger partial charge in [-0.3, -0.25) is 0 Å². The van der Waals surface area contributed by atoms with Crippen LogP contribution in [0.2, 0.25) is 0 Å². The van der Waals surface area contributed by atoms with Crippen molar-refractivity contribution >= 4 is 28.8 Å². The quantitative estimate of drug-likeness (QED) is 0.743. The van der Waals surface area contributed by atoms with Crippen LogP contribution in [-0.4, -0.2) is 16.7 Å². The average Bonchev–Trinajstić information content (AvgIpc) is 3.11. The highest BCUT2D eigenvalue weighted by Gasteiger charge is 2.19. The lowest BCUT2D eigenvalue weighted by molar-refractivity contribution is 0.613. The van der Waals surface area contributed by atoms with Gasteiger partial charge in [0.05, 0.1) is 0 Å². The first-order valence-electron chi connectivity index (χ1n) is 7.19. The number of nitrogens with zero attached hydrogens (tertiary/aromatic N) is 3. The Hall–Kier alpha value is -2.95. The fourth-order valence-electron chi connectivity index (χ4n) is 2.22. The first-order chi connectivity index (χ1) is 10.8. The van der Waals surface area contributed by atoms with E-state index in [1.165, 1.54) is 0 Å². The molecule has 5 nitrogen and oxygen atoms in total. The number of benzene rings is 2. The molecule has 0 radical (unpaired) electrons. The summed E-state index contributed by atoms with van der Waals surface area (Å²) in [6.07, 6.45) is 0. The molecule has 1 aromatic heterocycles. The summed E-state index contributed by atoms with van der Waals surface area (Å²) in [6.45, 7) is 4.00. The monoisotopic (exact) mass is 292 g/mol. The zero-order chi connectivity index (χ0) is 15.5. The van der Waals surface area contributed by atoms with Gasteiger partial charge < -0.3 is 10.2 Å². The van der Waals surface area contributed by atoms with Gasteiger partial charge in [-0.05, 0) is 12.1 Å². The summed E-state index contributed by atoms with van der Waals surface area (Å²) in [4.78, 5) is 12.9. The molecule has 0 saturated carbocycles. The third-order valence-corrected chi connectivity index (χ3v) is 3.15. The largest absolute Gasteiger partial charge is 0.422 e. The number of aromatic nitrogens is 1. The minimum atomic E-state index is 0.287. The van der Waals surface area contributed by atoms with Crippen LogP contribution in [0, 0.1) is 0 Å². The summed E-state index contributed by atoms with van der Waals surface area (Å²) in [6, 6.07) is 15.5. The molecule has 2 aromatic carbocycles. The lowest BCUT2D eigenvalue weighted by atomic mass is 10.1. The van der Waals surface area contributed by atoms with Gasteiger partial charge >= 0.3 is 6.01 Å². The van der Waals surface area contributed by atoms with Gasteiger partial charge in [-0.15, -0.1) is 0 Å². The predicted molar refractivity (Wildman–Crippen MR) is 88.7 cm³/mol. The summed E-state index contributed by atoms with van der Waals surface area (Å²) >= 11 is 0. The van der Waals surface area contributed by atoms with E-state index in [-0.39, 0.29) is 6.01 Å². The number of fused-ring (bicyclic) bond motifs is 2. The topological polar surface area (TPSA) is 76.8 Å². The molecule has 1 aliphatic heterocycles. The number of hydrogen-bond acceptors (Lipinski definition) is 4. The van der Waals surface area contributed by atoms with Crippen LogP contribution in [0.15, 0.2) is 62.9 Å². The normalized spacial score (nSPS) is 14.5. The predicted octanol–water partition coefficient (Wildman–Crippen LogP) is 3.65. The average molecular weight is 292 g/mol. The first-order valence-corrected chi connectivity index (χ1v) is 7.19. The van der Waals surface area contributed by atoms with Gasteiger partial charge in [0, 0.05) is 11.1 Å². The number of aliphatic imine (C=N–C) groups is 2. The Morgan fingerprint density at radius 2 is 1.64 bits per heavy atom. The molecule has 110 valence electrons. The van der Waals surface area contributed by atoms with Crippen LogP contribution in [0.4, 0.5) is 6.01 Å². The summed E-state index contributed by atoms with van der Waals surface area (Å²) < 4.78 is 5.57. The highest BCUT2D eigenvalue weighted by atomic mass is 16.4. The number of para-hydroxylation sites is 2. The molecule has 0 bridgehead atoms. The van der Waals surface area contributed by atoms with Crippen LogP contribution >= 0.6 is 0 Å². The number of amidine groups is 2. The Morgan fingerprint density at radius 1 is 0.955 bits per heavy atom. The van der Waals surface area contributed by atoms with Crippen molar-refractivity contribution in [1.82, 2.24) is 4.98 Å². The Kier molecular flexibility index (Phi) is 3.70. The van der Waals surface area contributed by atoms with Gasteiger partial charge in [0.15, 0.2) is 11.4 Å². The second-order valence-corrected chi connectivity index (χ2v) is 4.44. The number of hydrogen-bond donors (Lipinski definition) is 1. The van der Waals surface area contributed by atoms with E-state index in [1.54, 1.807) is 0 Å². The Labute approximate surface area is 128 Å². The number of nitrogens with two attached hydrogens (primary N) is 1.